The van der Waals surface area contributed by atoms with Gasteiger partial charge in [-0.05, 0) is 46.5 Å². The Labute approximate surface area is 167 Å². The van der Waals surface area contributed by atoms with Crippen LogP contribution in [0.5, 0.6) is 0 Å². The number of ether oxygens (including phenoxy) is 1. The largest absolute Gasteiger partial charge is 0.444 e. The molecular weight excluding hydrogens is 358 g/mol. The average Bonchev–Trinajstić information content (AvgIpc) is 3.15. The van der Waals surface area contributed by atoms with Gasteiger partial charge in [-0.3, -0.25) is 0 Å². The molecule has 156 valence electrons. The number of aliphatic hydroxyl groups is 1. The van der Waals surface area contributed by atoms with E-state index in [-0.39, 0.29) is 24.8 Å². The highest BCUT2D eigenvalue weighted by Crippen LogP contribution is 2.27. The van der Waals surface area contributed by atoms with E-state index >= 15 is 0 Å². The second-order valence-corrected chi connectivity index (χ2v) is 8.74. The van der Waals surface area contributed by atoms with E-state index in [1.807, 2.05) is 33.9 Å². The number of carbonyl (C=O) groups is 1. The monoisotopic (exact) mass is 391 g/mol. The molecule has 1 aromatic rings. The SMILES string of the molecule is CN(C(=O)OC(C)(C)C)C1CCCN(c2cc(N3CCCC3CO)ncn2)C1. The summed E-state index contributed by atoms with van der Waals surface area (Å²) >= 11 is 0. The third-order valence-electron chi connectivity index (χ3n) is 5.47. The van der Waals surface area contributed by atoms with Crippen molar-refractivity contribution in [2.75, 3.05) is 43.1 Å². The minimum atomic E-state index is -0.500. The minimum Gasteiger partial charge on any atom is -0.444 e. The van der Waals surface area contributed by atoms with Crippen LogP contribution in [0.15, 0.2) is 12.4 Å². The van der Waals surface area contributed by atoms with Gasteiger partial charge in [0.25, 0.3) is 0 Å². The zero-order valence-electron chi connectivity index (χ0n) is 17.5. The molecule has 0 radical (unpaired) electrons. The van der Waals surface area contributed by atoms with Crippen molar-refractivity contribution in [1.29, 1.82) is 0 Å². The number of hydrogen-bond acceptors (Lipinski definition) is 7. The Hall–Kier alpha value is -2.09. The number of hydrogen-bond donors (Lipinski definition) is 1. The maximum atomic E-state index is 12.4. The molecule has 3 rings (SSSR count). The van der Waals surface area contributed by atoms with Gasteiger partial charge < -0.3 is 24.5 Å². The Balaban J connectivity index is 1.69. The molecule has 2 atom stereocenters. The summed E-state index contributed by atoms with van der Waals surface area (Å²) in [5.74, 6) is 1.74. The van der Waals surface area contributed by atoms with Gasteiger partial charge in [0, 0.05) is 32.7 Å². The Morgan fingerprint density at radius 2 is 1.96 bits per heavy atom. The van der Waals surface area contributed by atoms with Crippen LogP contribution in [0, 0.1) is 0 Å². The van der Waals surface area contributed by atoms with Gasteiger partial charge in [0.2, 0.25) is 0 Å². The Kier molecular flexibility index (Phi) is 6.27. The molecule has 0 aliphatic carbocycles. The first-order valence-corrected chi connectivity index (χ1v) is 10.2. The van der Waals surface area contributed by atoms with Crippen molar-refractivity contribution >= 4 is 17.7 Å². The third kappa shape index (κ3) is 4.84. The quantitative estimate of drug-likeness (QED) is 0.843. The molecular formula is C20H33N5O3. The second-order valence-electron chi connectivity index (χ2n) is 8.74. The molecule has 0 saturated carbocycles. The highest BCUT2D eigenvalue weighted by atomic mass is 16.6. The van der Waals surface area contributed by atoms with E-state index in [9.17, 15) is 9.90 Å². The van der Waals surface area contributed by atoms with E-state index in [4.69, 9.17) is 4.74 Å². The van der Waals surface area contributed by atoms with Crippen molar-refractivity contribution in [1.82, 2.24) is 14.9 Å². The lowest BCUT2D eigenvalue weighted by molar-refractivity contribution is 0.0209. The summed E-state index contributed by atoms with van der Waals surface area (Å²) in [7, 11) is 1.81. The number of amides is 1. The van der Waals surface area contributed by atoms with E-state index in [2.05, 4.69) is 19.8 Å². The lowest BCUT2D eigenvalue weighted by atomic mass is 10.0. The van der Waals surface area contributed by atoms with Crippen molar-refractivity contribution in [2.24, 2.45) is 0 Å². The summed E-state index contributed by atoms with van der Waals surface area (Å²) in [6, 6.07) is 2.22. The van der Waals surface area contributed by atoms with Crippen LogP contribution >= 0.6 is 0 Å². The van der Waals surface area contributed by atoms with E-state index < -0.39 is 5.60 Å². The second kappa shape index (κ2) is 8.51. The van der Waals surface area contributed by atoms with Crippen LogP contribution in [0.1, 0.15) is 46.5 Å². The molecule has 0 aromatic carbocycles. The van der Waals surface area contributed by atoms with Gasteiger partial charge in [-0.2, -0.15) is 0 Å². The summed E-state index contributed by atoms with van der Waals surface area (Å²) < 4.78 is 5.52. The van der Waals surface area contributed by atoms with Crippen molar-refractivity contribution in [3.63, 3.8) is 0 Å². The molecule has 2 unspecified atom stereocenters. The lowest BCUT2D eigenvalue weighted by Gasteiger charge is -2.38. The van der Waals surface area contributed by atoms with Crippen molar-refractivity contribution in [2.45, 2.75) is 64.1 Å². The maximum Gasteiger partial charge on any atom is 0.410 e. The minimum absolute atomic E-state index is 0.0824. The first-order valence-electron chi connectivity index (χ1n) is 10.2. The highest BCUT2D eigenvalue weighted by molar-refractivity contribution is 5.68. The molecule has 2 fully saturated rings. The zero-order valence-corrected chi connectivity index (χ0v) is 17.5. The van der Waals surface area contributed by atoms with Crippen molar-refractivity contribution in [3.05, 3.63) is 12.4 Å². The Bertz CT molecular complexity index is 678. The highest BCUT2D eigenvalue weighted by Gasteiger charge is 2.30. The van der Waals surface area contributed by atoms with Crippen LogP contribution < -0.4 is 9.80 Å². The summed E-state index contributed by atoms with van der Waals surface area (Å²) in [6.45, 7) is 8.32. The normalized spacial score (nSPS) is 23.0. The molecule has 28 heavy (non-hydrogen) atoms. The molecule has 1 amide bonds. The average molecular weight is 392 g/mol. The van der Waals surface area contributed by atoms with E-state index in [0.29, 0.717) is 0 Å². The molecule has 2 aliphatic heterocycles. The van der Waals surface area contributed by atoms with Gasteiger partial charge in [-0.1, -0.05) is 0 Å². The predicted octanol–water partition coefficient (Wildman–Crippen LogP) is 2.27. The molecule has 2 aliphatic rings. The number of carbonyl (C=O) groups excluding carboxylic acids is 1. The fourth-order valence-corrected chi connectivity index (χ4v) is 3.96. The number of likely N-dealkylation sites (N-methyl/N-ethyl adjacent to an activating group) is 1. The van der Waals surface area contributed by atoms with Crippen LogP contribution in [0.3, 0.4) is 0 Å². The summed E-state index contributed by atoms with van der Waals surface area (Å²) in [4.78, 5) is 27.4. The molecule has 0 bridgehead atoms. The van der Waals surface area contributed by atoms with Crippen LogP contribution in [0.2, 0.25) is 0 Å². The standard InChI is InChI=1S/C20H33N5O3/c1-20(2,3)28-19(27)23(4)15-7-5-9-24(12-15)17-11-18(22-14-21-17)25-10-6-8-16(25)13-26/h11,14-16,26H,5-10,12-13H2,1-4H3. The van der Waals surface area contributed by atoms with Gasteiger partial charge >= 0.3 is 6.09 Å². The number of aromatic nitrogens is 2. The lowest BCUT2D eigenvalue weighted by Crippen LogP contribution is -2.50. The third-order valence-corrected chi connectivity index (χ3v) is 5.47. The number of piperidine rings is 1. The van der Waals surface area contributed by atoms with Gasteiger partial charge in [-0.25, -0.2) is 14.8 Å². The number of nitrogens with zero attached hydrogens (tertiary/aromatic N) is 5. The molecule has 3 heterocycles. The van der Waals surface area contributed by atoms with E-state index in [1.165, 1.54) is 0 Å². The summed E-state index contributed by atoms with van der Waals surface area (Å²) in [5, 5.41) is 9.60. The van der Waals surface area contributed by atoms with Gasteiger partial charge in [0.15, 0.2) is 0 Å². The predicted molar refractivity (Wildman–Crippen MR) is 109 cm³/mol. The van der Waals surface area contributed by atoms with Crippen molar-refractivity contribution < 1.29 is 14.6 Å². The molecule has 2 saturated heterocycles. The number of anilines is 2. The first kappa shape index (κ1) is 20.6. The molecule has 1 N–H and O–H groups in total. The van der Waals surface area contributed by atoms with Crippen LogP contribution in [-0.4, -0.2) is 77.0 Å². The molecule has 8 nitrogen and oxygen atoms in total. The number of rotatable bonds is 4. The summed E-state index contributed by atoms with van der Waals surface area (Å²) in [6.07, 6.45) is 5.30. The topological polar surface area (TPSA) is 82.0 Å². The smallest absolute Gasteiger partial charge is 0.410 e. The fourth-order valence-electron chi connectivity index (χ4n) is 3.96. The van der Waals surface area contributed by atoms with E-state index in [0.717, 1.165) is 57.0 Å². The molecule has 1 aromatic heterocycles. The van der Waals surface area contributed by atoms with Crippen LogP contribution in [-0.2, 0) is 4.74 Å². The zero-order chi connectivity index (χ0) is 20.3. The summed E-state index contributed by atoms with van der Waals surface area (Å²) in [5.41, 5.74) is -0.500. The van der Waals surface area contributed by atoms with Crippen molar-refractivity contribution in [3.8, 4) is 0 Å². The first-order chi connectivity index (χ1) is 13.3. The van der Waals surface area contributed by atoms with E-state index in [1.54, 1.807) is 11.2 Å². The molecule has 8 heteroatoms. The fraction of sp³-hybridized carbons (Fsp3) is 0.750. The Morgan fingerprint density at radius 1 is 1.25 bits per heavy atom. The van der Waals surface area contributed by atoms with Gasteiger partial charge in [0.05, 0.1) is 18.7 Å². The number of aliphatic hydroxyl groups excluding tert-OH is 1. The Morgan fingerprint density at radius 3 is 2.68 bits per heavy atom. The van der Waals surface area contributed by atoms with Crippen LogP contribution in [0.25, 0.3) is 0 Å². The molecule has 0 spiro atoms. The maximum absolute atomic E-state index is 12.4. The van der Waals surface area contributed by atoms with Gasteiger partial charge in [0.1, 0.15) is 23.6 Å². The van der Waals surface area contributed by atoms with Gasteiger partial charge in [-0.15, -0.1) is 0 Å². The van der Waals surface area contributed by atoms with Crippen LogP contribution in [0.4, 0.5) is 16.4 Å².